The molecule has 2 aliphatic heterocycles. The van der Waals surface area contributed by atoms with Crippen LogP contribution in [-0.2, 0) is 10.8 Å². The predicted octanol–water partition coefficient (Wildman–Crippen LogP) is 5.87. The molecule has 0 saturated carbocycles. The molecule has 42 heavy (non-hydrogen) atoms. The molecule has 0 bridgehead atoms. The van der Waals surface area contributed by atoms with Crippen molar-refractivity contribution < 1.29 is 20.4 Å². The number of unbranched alkanes of at least 4 members (excludes halogenated alkanes) is 4. The largest absolute Gasteiger partial charge is 0.820 e. The van der Waals surface area contributed by atoms with Gasteiger partial charge in [0.1, 0.15) is 17.3 Å². The van der Waals surface area contributed by atoms with Gasteiger partial charge in [-0.1, -0.05) is 36.4 Å². The number of allylic oxidation sites excluding steroid dienone is 2. The van der Waals surface area contributed by atoms with Crippen molar-refractivity contribution in [2.24, 2.45) is 0 Å². The van der Waals surface area contributed by atoms with E-state index in [2.05, 4.69) is 61.8 Å². The maximum Gasteiger partial charge on any atom is 0.154 e. The Kier molecular flexibility index (Phi) is 8.58. The minimum atomic E-state index is -0.351. The minimum Gasteiger partial charge on any atom is -0.820 e. The molecule has 0 fully saturated rings. The molecule has 6 nitrogen and oxygen atoms in total. The second-order valence-corrected chi connectivity index (χ2v) is 12.7. The number of hydrogen-bond acceptors (Lipinski definition) is 6. The van der Waals surface area contributed by atoms with Gasteiger partial charge in [-0.25, -0.2) is 0 Å². The second-order valence-electron chi connectivity index (χ2n) is 12.7. The Hall–Kier alpha value is -3.48. The Labute approximate surface area is 250 Å². The quantitative estimate of drug-likeness (QED) is 0.210. The second kappa shape index (κ2) is 12.0. The van der Waals surface area contributed by atoms with Gasteiger partial charge >= 0.3 is 0 Å². The number of para-hydroxylation sites is 2. The van der Waals surface area contributed by atoms with Crippen LogP contribution in [0.15, 0.2) is 59.9 Å². The van der Waals surface area contributed by atoms with Gasteiger partial charge in [0.05, 0.1) is 34.4 Å². The molecule has 0 unspecified atom stereocenters. The third-order valence-electron chi connectivity index (χ3n) is 9.22. The van der Waals surface area contributed by atoms with E-state index < -0.39 is 0 Å². The van der Waals surface area contributed by atoms with Crippen molar-refractivity contribution in [3.05, 3.63) is 82.2 Å². The zero-order valence-corrected chi connectivity index (χ0v) is 25.4. The van der Waals surface area contributed by atoms with Gasteiger partial charge < -0.3 is 25.3 Å². The molecule has 2 aliphatic rings. The summed E-state index contributed by atoms with van der Waals surface area (Å²) in [4.78, 5) is 4.50. The van der Waals surface area contributed by atoms with E-state index in [4.69, 9.17) is 0 Å². The highest BCUT2D eigenvalue weighted by molar-refractivity contribution is 5.88. The highest BCUT2D eigenvalue weighted by atomic mass is 16.3. The summed E-state index contributed by atoms with van der Waals surface area (Å²) in [6.07, 6.45) is 8.84. The van der Waals surface area contributed by atoms with Gasteiger partial charge in [0.25, 0.3) is 0 Å². The van der Waals surface area contributed by atoms with Crippen molar-refractivity contribution in [3.8, 4) is 11.5 Å². The SMILES string of the molecule is CC1(C)C(=Cc2c([O-])[c+](C=C3N(CCCCCO)c4ccccc4C3(C)C)[c+]2[O-])N(CCCCCO)c2ccccc21. The number of hydrogen-bond donors (Lipinski definition) is 2. The van der Waals surface area contributed by atoms with Crippen LogP contribution in [0.5, 0.6) is 11.5 Å². The summed E-state index contributed by atoms with van der Waals surface area (Å²) in [5, 5.41) is 45.8. The fourth-order valence-electron chi connectivity index (χ4n) is 6.77. The molecule has 5 rings (SSSR count). The first-order valence-corrected chi connectivity index (χ1v) is 15.4. The molecule has 2 N–H and O–H groups in total. The van der Waals surface area contributed by atoms with E-state index in [-0.39, 0.29) is 46.7 Å². The standard InChI is InChI=1S/C36H44N2O4/c1-35(2)27-15-7-9-17-29(27)37(19-11-5-13-21-39)31(35)23-25-33(41)26(34(25)42)24-32-36(3,4)28-16-8-10-18-30(28)38(32)20-12-6-14-22-40/h7-10,15-18,23-24,39-40H,5-6,11-14,19-22H2,1-4H3. The monoisotopic (exact) mass is 568 g/mol. The number of aliphatic hydroxyl groups excluding tert-OH is 2. The van der Waals surface area contributed by atoms with Crippen molar-refractivity contribution in [1.82, 2.24) is 0 Å². The molecule has 0 saturated heterocycles. The van der Waals surface area contributed by atoms with Crippen molar-refractivity contribution in [2.75, 3.05) is 36.1 Å². The van der Waals surface area contributed by atoms with Crippen LogP contribution in [0.3, 0.4) is 0 Å². The lowest BCUT2D eigenvalue weighted by molar-refractivity contribution is -0.293. The highest BCUT2D eigenvalue weighted by Crippen LogP contribution is 2.53. The minimum absolute atomic E-state index is 0.182. The highest BCUT2D eigenvalue weighted by Gasteiger charge is 2.45. The first-order valence-electron chi connectivity index (χ1n) is 15.4. The number of nitrogens with zero attached hydrogens (tertiary/aromatic N) is 2. The molecule has 0 atom stereocenters. The molecule has 3 aromatic rings. The zero-order chi connectivity index (χ0) is 30.1. The zero-order valence-electron chi connectivity index (χ0n) is 25.4. The number of anilines is 2. The Morgan fingerprint density at radius 2 is 1.19 bits per heavy atom. The lowest BCUT2D eigenvalue weighted by atomic mass is 9.81. The molecular formula is C36H44N2O4. The summed E-state index contributed by atoms with van der Waals surface area (Å²) in [5.74, 6) is -0.391. The van der Waals surface area contributed by atoms with Crippen LogP contribution in [0.1, 0.15) is 88.5 Å². The summed E-state index contributed by atoms with van der Waals surface area (Å²) in [6.45, 7) is 10.5. The van der Waals surface area contributed by atoms with Crippen LogP contribution >= 0.6 is 0 Å². The van der Waals surface area contributed by atoms with Crippen LogP contribution < -0.4 is 20.0 Å². The summed E-state index contributed by atoms with van der Waals surface area (Å²) < 4.78 is 0. The van der Waals surface area contributed by atoms with Gasteiger partial charge in [0.15, 0.2) is 5.56 Å². The normalized spacial score (nSPS) is 18.8. The van der Waals surface area contributed by atoms with Gasteiger partial charge in [-0.05, 0) is 89.5 Å². The molecule has 222 valence electrons. The van der Waals surface area contributed by atoms with Crippen LogP contribution in [0, 0.1) is 0 Å². The molecule has 2 heterocycles. The molecular weight excluding hydrogens is 524 g/mol. The topological polar surface area (TPSA) is 93.1 Å². The molecule has 3 aromatic carbocycles. The molecule has 0 radical (unpaired) electrons. The molecule has 0 aromatic heterocycles. The Bertz CT molecular complexity index is 1330. The lowest BCUT2D eigenvalue weighted by Crippen LogP contribution is -2.28. The first kappa shape index (κ1) is 30.0. The third kappa shape index (κ3) is 5.16. The van der Waals surface area contributed by atoms with Crippen molar-refractivity contribution >= 4 is 23.5 Å². The van der Waals surface area contributed by atoms with Gasteiger partial charge in [-0.15, -0.1) is 0 Å². The van der Waals surface area contributed by atoms with Gasteiger partial charge in [-0.2, -0.15) is 0 Å². The lowest BCUT2D eigenvalue weighted by Gasteiger charge is -2.27. The van der Waals surface area contributed by atoms with E-state index in [1.165, 1.54) is 11.1 Å². The number of fused-ring (bicyclic) bond motifs is 2. The smallest absolute Gasteiger partial charge is 0.154 e. The van der Waals surface area contributed by atoms with E-state index >= 15 is 0 Å². The number of rotatable bonds is 12. The Morgan fingerprint density at radius 3 is 1.69 bits per heavy atom. The fourth-order valence-corrected chi connectivity index (χ4v) is 6.77. The van der Waals surface area contributed by atoms with Gasteiger partial charge in [0.2, 0.25) is 0 Å². The van der Waals surface area contributed by atoms with Crippen LogP contribution in [0.4, 0.5) is 11.4 Å². The maximum atomic E-state index is 13.7. The molecule has 0 aliphatic carbocycles. The Morgan fingerprint density at radius 1 is 0.714 bits per heavy atom. The summed E-state index contributed by atoms with van der Waals surface area (Å²) >= 11 is 0. The van der Waals surface area contributed by atoms with E-state index in [1.54, 1.807) is 0 Å². The van der Waals surface area contributed by atoms with Gasteiger partial charge in [0, 0.05) is 37.4 Å². The molecule has 0 spiro atoms. The Balaban J connectivity index is 1.50. The predicted molar refractivity (Wildman–Crippen MR) is 168 cm³/mol. The maximum absolute atomic E-state index is 13.7. The average Bonchev–Trinajstić information content (AvgIpc) is 3.33. The number of aliphatic hydroxyl groups is 2. The van der Waals surface area contributed by atoms with E-state index in [0.29, 0.717) is 0 Å². The van der Waals surface area contributed by atoms with Crippen LogP contribution in [0.25, 0.3) is 12.2 Å². The van der Waals surface area contributed by atoms with Crippen molar-refractivity contribution in [1.29, 1.82) is 0 Å². The molecule has 0 amide bonds. The van der Waals surface area contributed by atoms with Crippen LogP contribution in [-0.4, -0.2) is 36.5 Å². The summed E-state index contributed by atoms with van der Waals surface area (Å²) in [6, 6.07) is 16.6. The third-order valence-corrected chi connectivity index (χ3v) is 9.22. The van der Waals surface area contributed by atoms with Crippen LogP contribution in [0.2, 0.25) is 0 Å². The molecule has 6 heteroatoms. The van der Waals surface area contributed by atoms with E-state index in [1.807, 2.05) is 36.4 Å². The number of benzene rings is 2. The fraction of sp³-hybridized carbons (Fsp3) is 0.444. The summed E-state index contributed by atoms with van der Waals surface area (Å²) in [5.41, 5.74) is 6.34. The van der Waals surface area contributed by atoms with Crippen molar-refractivity contribution in [2.45, 2.75) is 77.0 Å². The first-order chi connectivity index (χ1) is 20.1. The van der Waals surface area contributed by atoms with Crippen molar-refractivity contribution in [3.63, 3.8) is 0 Å². The van der Waals surface area contributed by atoms with Gasteiger partial charge in [-0.3, -0.25) is 4.90 Å². The summed E-state index contributed by atoms with van der Waals surface area (Å²) in [7, 11) is 0. The van der Waals surface area contributed by atoms with E-state index in [0.717, 1.165) is 74.4 Å². The van der Waals surface area contributed by atoms with E-state index in [9.17, 15) is 20.4 Å². The average molecular weight is 569 g/mol.